The van der Waals surface area contributed by atoms with E-state index in [-0.39, 0.29) is 31.0 Å². The molecule has 0 bridgehead atoms. The summed E-state index contributed by atoms with van der Waals surface area (Å²) in [5, 5.41) is 0. The maximum atomic E-state index is 11.1. The molecule has 0 heterocycles. The smallest absolute Gasteiger partial charge is 1.00 e. The van der Waals surface area contributed by atoms with Gasteiger partial charge in [-0.1, -0.05) is 13.8 Å². The Morgan fingerprint density at radius 2 is 1.78 bits per heavy atom. The van der Waals surface area contributed by atoms with Gasteiger partial charge in [-0.25, -0.2) is 0 Å². The fourth-order valence-corrected chi connectivity index (χ4v) is 1.45. The van der Waals surface area contributed by atoms with Gasteiger partial charge in [0.05, 0.1) is 0 Å². The summed E-state index contributed by atoms with van der Waals surface area (Å²) in [7, 11) is -0.654. The molecule has 0 aromatic carbocycles. The Labute approximate surface area is 80.6 Å². The first kappa shape index (κ1) is 12.8. The van der Waals surface area contributed by atoms with Gasteiger partial charge >= 0.3 is 29.6 Å². The summed E-state index contributed by atoms with van der Waals surface area (Å²) in [6.45, 7) is 3.77. The average Bonchev–Trinajstić information content (AvgIpc) is 1.87. The quantitative estimate of drug-likeness (QED) is 0.393. The zero-order valence-corrected chi connectivity index (χ0v) is 9.57. The third-order valence-electron chi connectivity index (χ3n) is 1.30. The van der Waals surface area contributed by atoms with Gasteiger partial charge in [-0.05, 0) is 0 Å². The maximum Gasteiger partial charge on any atom is 1.00 e. The molecule has 0 radical (unpaired) electrons. The van der Waals surface area contributed by atoms with Crippen LogP contribution < -0.4 is 29.6 Å². The van der Waals surface area contributed by atoms with Crippen molar-refractivity contribution in [1.82, 2.24) is 0 Å². The zero-order chi connectivity index (χ0) is 6.62. The van der Waals surface area contributed by atoms with Gasteiger partial charge in [0.2, 0.25) is 7.37 Å². The second-order valence-electron chi connectivity index (χ2n) is 1.63. The minimum atomic E-state index is -2.16. The summed E-state index contributed by atoms with van der Waals surface area (Å²) in [4.78, 5) is 0. The second kappa shape index (κ2) is 5.94. The first-order chi connectivity index (χ1) is 3.68. The molecule has 0 fully saturated rings. The van der Waals surface area contributed by atoms with E-state index in [4.69, 9.17) is 4.52 Å². The van der Waals surface area contributed by atoms with Crippen LogP contribution in [0.1, 0.15) is 15.3 Å². The minimum absolute atomic E-state index is 0. The predicted octanol–water partition coefficient (Wildman–Crippen LogP) is -0.933. The van der Waals surface area contributed by atoms with E-state index in [1.165, 1.54) is 7.11 Å². The predicted molar refractivity (Wildman–Crippen MR) is 36.8 cm³/mol. The summed E-state index contributed by atoms with van der Waals surface area (Å²) < 4.78 is 15.9. The van der Waals surface area contributed by atoms with Gasteiger partial charge in [0, 0.05) is 19.4 Å². The van der Waals surface area contributed by atoms with E-state index in [0.29, 0.717) is 12.3 Å². The molecule has 0 saturated carbocycles. The molecule has 0 spiro atoms. The van der Waals surface area contributed by atoms with Crippen LogP contribution in [-0.2, 0) is 9.09 Å². The van der Waals surface area contributed by atoms with Crippen molar-refractivity contribution in [2.24, 2.45) is 0 Å². The van der Waals surface area contributed by atoms with Crippen LogP contribution in [0.25, 0.3) is 0 Å². The molecule has 0 aliphatic carbocycles. The molecule has 2 nitrogen and oxygen atoms in total. The van der Waals surface area contributed by atoms with E-state index in [1.807, 2.05) is 13.8 Å². The van der Waals surface area contributed by atoms with Crippen molar-refractivity contribution in [3.05, 3.63) is 0 Å². The fourth-order valence-electron chi connectivity index (χ4n) is 0.482. The van der Waals surface area contributed by atoms with Crippen LogP contribution in [0.5, 0.6) is 0 Å². The van der Waals surface area contributed by atoms with Gasteiger partial charge in [-0.2, -0.15) is 0 Å². The largest absolute Gasteiger partial charge is 1.00 e. The Morgan fingerprint density at radius 1 is 1.44 bits per heavy atom. The Hall–Kier alpha value is 1.19. The normalized spacial score (nSPS) is 10.6. The Balaban J connectivity index is -0.000000245. The number of hydrogen-bond acceptors (Lipinski definition) is 2. The molecule has 0 aliphatic rings. The molecule has 52 valence electrons. The third-order valence-corrected chi connectivity index (χ3v) is 3.89. The molecule has 0 atom stereocenters. The molecule has 0 saturated heterocycles. The second-order valence-corrected chi connectivity index (χ2v) is 4.89. The van der Waals surface area contributed by atoms with Crippen molar-refractivity contribution in [2.45, 2.75) is 13.8 Å². The van der Waals surface area contributed by atoms with Crippen molar-refractivity contribution >= 4 is 7.37 Å². The van der Waals surface area contributed by atoms with Crippen LogP contribution in [0.2, 0.25) is 0 Å². The van der Waals surface area contributed by atoms with Crippen LogP contribution in [0.4, 0.5) is 0 Å². The molecular formula is C5H14NaO2P. The average molecular weight is 160 g/mol. The topological polar surface area (TPSA) is 26.3 Å². The van der Waals surface area contributed by atoms with Crippen LogP contribution >= 0.6 is 7.37 Å². The van der Waals surface area contributed by atoms with E-state index in [1.54, 1.807) is 0 Å². The van der Waals surface area contributed by atoms with Crippen molar-refractivity contribution in [3.8, 4) is 0 Å². The van der Waals surface area contributed by atoms with E-state index in [9.17, 15) is 4.57 Å². The Bertz CT molecular complexity index is 90.8. The van der Waals surface area contributed by atoms with Crippen molar-refractivity contribution in [3.63, 3.8) is 0 Å². The minimum Gasteiger partial charge on any atom is -1.00 e. The summed E-state index contributed by atoms with van der Waals surface area (Å²) in [5.74, 6) is 0. The van der Waals surface area contributed by atoms with Gasteiger partial charge in [-0.15, -0.1) is 0 Å². The van der Waals surface area contributed by atoms with Gasteiger partial charge < -0.3 is 5.95 Å². The van der Waals surface area contributed by atoms with Crippen LogP contribution in [0.15, 0.2) is 0 Å². The number of hydrogen-bond donors (Lipinski definition) is 0. The van der Waals surface area contributed by atoms with E-state index >= 15 is 0 Å². The molecular weight excluding hydrogens is 146 g/mol. The van der Waals surface area contributed by atoms with Crippen LogP contribution in [-0.4, -0.2) is 19.4 Å². The molecule has 0 amide bonds. The first-order valence-corrected chi connectivity index (χ1v) is 4.82. The molecule has 0 aliphatic heterocycles. The molecule has 4 heteroatoms. The summed E-state index contributed by atoms with van der Waals surface area (Å²) in [6.07, 6.45) is 1.31. The van der Waals surface area contributed by atoms with Crippen molar-refractivity contribution in [2.75, 3.05) is 19.4 Å². The first-order valence-electron chi connectivity index (χ1n) is 2.82. The number of rotatable bonds is 3. The fraction of sp³-hybridized carbons (Fsp3) is 1.00. The summed E-state index contributed by atoms with van der Waals surface area (Å²) in [6, 6.07) is 0. The summed E-state index contributed by atoms with van der Waals surface area (Å²) >= 11 is 0. The van der Waals surface area contributed by atoms with Gasteiger partial charge in [0.1, 0.15) is 0 Å². The van der Waals surface area contributed by atoms with Crippen LogP contribution in [0, 0.1) is 0 Å². The SMILES string of the molecule is CCP(=O)(CC)OC.[H-].[Na+]. The van der Waals surface area contributed by atoms with E-state index in [0.717, 1.165) is 0 Å². The molecule has 0 N–H and O–H groups in total. The summed E-state index contributed by atoms with van der Waals surface area (Å²) in [5.41, 5.74) is 0. The molecule has 0 aromatic rings. The van der Waals surface area contributed by atoms with Crippen LogP contribution in [0.3, 0.4) is 0 Å². The van der Waals surface area contributed by atoms with Gasteiger partial charge in [0.15, 0.2) is 0 Å². The van der Waals surface area contributed by atoms with Crippen molar-refractivity contribution in [1.29, 1.82) is 0 Å². The maximum absolute atomic E-state index is 11.1. The van der Waals surface area contributed by atoms with E-state index < -0.39 is 7.37 Å². The van der Waals surface area contributed by atoms with Gasteiger partial charge in [-0.3, -0.25) is 4.57 Å². The van der Waals surface area contributed by atoms with Crippen molar-refractivity contribution < 1.29 is 40.1 Å². The molecule has 0 unspecified atom stereocenters. The Morgan fingerprint density at radius 3 is 1.78 bits per heavy atom. The molecule has 0 aromatic heterocycles. The standard InChI is InChI=1S/C5H13O2P.Na.H/c1-4-8(6,5-2)7-3;;/h4-5H2,1-3H3;;/q;+1;-1. The van der Waals surface area contributed by atoms with Gasteiger partial charge in [0.25, 0.3) is 0 Å². The Kier molecular flexibility index (Phi) is 8.46. The van der Waals surface area contributed by atoms with E-state index in [2.05, 4.69) is 0 Å². The third kappa shape index (κ3) is 4.58. The molecule has 9 heavy (non-hydrogen) atoms. The molecule has 0 rings (SSSR count). The zero-order valence-electron chi connectivity index (χ0n) is 7.68. The monoisotopic (exact) mass is 160 g/mol.